The monoisotopic (exact) mass is 269 g/mol. The maximum Gasteiger partial charge on any atom is 0.331 e. The Morgan fingerprint density at radius 1 is 1.42 bits per heavy atom. The molecular formula is C13H16FNO4. The van der Waals surface area contributed by atoms with E-state index in [1.54, 1.807) is 6.07 Å². The molecule has 0 bridgehead atoms. The zero-order valence-electron chi connectivity index (χ0n) is 10.8. The Bertz CT molecular complexity index is 477. The van der Waals surface area contributed by atoms with Gasteiger partial charge in [-0.2, -0.15) is 0 Å². The van der Waals surface area contributed by atoms with Crippen LogP contribution >= 0.6 is 0 Å². The van der Waals surface area contributed by atoms with Gasteiger partial charge in [0, 0.05) is 7.11 Å². The molecule has 0 aromatic heterocycles. The molecule has 1 atom stereocenters. The van der Waals surface area contributed by atoms with Crippen molar-refractivity contribution in [1.82, 2.24) is 5.32 Å². The van der Waals surface area contributed by atoms with Crippen molar-refractivity contribution in [1.29, 1.82) is 0 Å². The third-order valence-electron chi connectivity index (χ3n) is 2.63. The molecule has 6 heteroatoms. The highest BCUT2D eigenvalue weighted by Gasteiger charge is 2.34. The second-order valence-corrected chi connectivity index (χ2v) is 4.39. The van der Waals surface area contributed by atoms with Gasteiger partial charge in [0.2, 0.25) is 5.91 Å². The third kappa shape index (κ3) is 4.03. The first-order valence-electron chi connectivity index (χ1n) is 5.66. The Hall–Kier alpha value is -1.95. The molecule has 0 aliphatic rings. The average molecular weight is 269 g/mol. The van der Waals surface area contributed by atoms with Gasteiger partial charge < -0.3 is 15.2 Å². The van der Waals surface area contributed by atoms with Gasteiger partial charge >= 0.3 is 5.97 Å². The van der Waals surface area contributed by atoms with Crippen LogP contribution in [0.25, 0.3) is 0 Å². The predicted molar refractivity (Wildman–Crippen MR) is 66.2 cm³/mol. The van der Waals surface area contributed by atoms with E-state index in [9.17, 15) is 14.0 Å². The summed E-state index contributed by atoms with van der Waals surface area (Å²) in [4.78, 5) is 22.9. The van der Waals surface area contributed by atoms with Crippen LogP contribution in [0.4, 0.5) is 4.39 Å². The zero-order valence-corrected chi connectivity index (χ0v) is 10.8. The van der Waals surface area contributed by atoms with Crippen LogP contribution in [0.5, 0.6) is 0 Å². The van der Waals surface area contributed by atoms with Crippen LogP contribution in [0.15, 0.2) is 24.3 Å². The first kappa shape index (κ1) is 15.1. The molecule has 2 N–H and O–H groups in total. The highest BCUT2D eigenvalue weighted by Crippen LogP contribution is 2.09. The molecule has 0 spiro atoms. The normalized spacial score (nSPS) is 13.6. The van der Waals surface area contributed by atoms with Gasteiger partial charge in [0.15, 0.2) is 5.54 Å². The number of aliphatic carboxylic acids is 1. The van der Waals surface area contributed by atoms with Crippen LogP contribution in [-0.2, 0) is 20.7 Å². The molecule has 0 fully saturated rings. The standard InChI is InChI=1S/C13H16FNO4/c1-13(8-19-2,12(17)18)15-11(16)7-9-5-3-4-6-10(9)14/h3-6H,7-8H2,1-2H3,(H,15,16)(H,17,18). The number of carboxylic acid groups (broad SMARTS) is 1. The first-order valence-corrected chi connectivity index (χ1v) is 5.66. The molecule has 0 saturated heterocycles. The Balaban J connectivity index is 2.74. The van der Waals surface area contributed by atoms with Gasteiger partial charge in [0.1, 0.15) is 5.82 Å². The van der Waals surface area contributed by atoms with Crippen molar-refractivity contribution in [3.63, 3.8) is 0 Å². The number of ether oxygens (including phenoxy) is 1. The lowest BCUT2D eigenvalue weighted by Crippen LogP contribution is -2.55. The van der Waals surface area contributed by atoms with Crippen molar-refractivity contribution in [3.05, 3.63) is 35.6 Å². The smallest absolute Gasteiger partial charge is 0.331 e. The number of amides is 1. The van der Waals surface area contributed by atoms with Crippen LogP contribution in [0.2, 0.25) is 0 Å². The van der Waals surface area contributed by atoms with Crippen molar-refractivity contribution in [2.24, 2.45) is 0 Å². The van der Waals surface area contributed by atoms with Crippen LogP contribution in [0, 0.1) is 5.82 Å². The van der Waals surface area contributed by atoms with E-state index in [1.807, 2.05) is 0 Å². The van der Waals surface area contributed by atoms with Gasteiger partial charge in [0.25, 0.3) is 0 Å². The molecular weight excluding hydrogens is 253 g/mol. The highest BCUT2D eigenvalue weighted by atomic mass is 19.1. The second-order valence-electron chi connectivity index (χ2n) is 4.39. The number of rotatable bonds is 6. The number of hydrogen-bond acceptors (Lipinski definition) is 3. The fourth-order valence-electron chi connectivity index (χ4n) is 1.61. The van der Waals surface area contributed by atoms with E-state index in [0.29, 0.717) is 0 Å². The minimum absolute atomic E-state index is 0.175. The summed E-state index contributed by atoms with van der Waals surface area (Å²) in [6, 6.07) is 5.85. The van der Waals surface area contributed by atoms with E-state index in [1.165, 1.54) is 32.2 Å². The molecule has 0 radical (unpaired) electrons. The largest absolute Gasteiger partial charge is 0.479 e. The van der Waals surface area contributed by atoms with Gasteiger partial charge in [-0.1, -0.05) is 18.2 Å². The average Bonchev–Trinajstić information content (AvgIpc) is 2.32. The van der Waals surface area contributed by atoms with Gasteiger partial charge in [-0.3, -0.25) is 4.79 Å². The quantitative estimate of drug-likeness (QED) is 0.807. The molecule has 0 aliphatic heterocycles. The lowest BCUT2D eigenvalue weighted by molar-refractivity contribution is -0.149. The summed E-state index contributed by atoms with van der Waals surface area (Å²) in [6.45, 7) is 1.16. The molecule has 0 aliphatic carbocycles. The van der Waals surface area contributed by atoms with Gasteiger partial charge in [-0.25, -0.2) is 9.18 Å². The van der Waals surface area contributed by atoms with Crippen molar-refractivity contribution < 1.29 is 23.8 Å². The maximum atomic E-state index is 13.4. The molecule has 1 unspecified atom stereocenters. The fourth-order valence-corrected chi connectivity index (χ4v) is 1.61. The van der Waals surface area contributed by atoms with Crippen molar-refractivity contribution in [2.75, 3.05) is 13.7 Å². The van der Waals surface area contributed by atoms with Crippen molar-refractivity contribution in [2.45, 2.75) is 18.9 Å². The lowest BCUT2D eigenvalue weighted by Gasteiger charge is -2.25. The van der Waals surface area contributed by atoms with E-state index < -0.39 is 23.2 Å². The first-order chi connectivity index (χ1) is 8.89. The van der Waals surface area contributed by atoms with Crippen molar-refractivity contribution in [3.8, 4) is 0 Å². The number of benzene rings is 1. The second kappa shape index (κ2) is 6.29. The molecule has 1 aromatic rings. The van der Waals surface area contributed by atoms with Crippen molar-refractivity contribution >= 4 is 11.9 Å². The summed E-state index contributed by atoms with van der Waals surface area (Å²) in [6.07, 6.45) is -0.223. The number of carbonyl (C=O) groups excluding carboxylic acids is 1. The Morgan fingerprint density at radius 2 is 2.05 bits per heavy atom. The topological polar surface area (TPSA) is 75.6 Å². The molecule has 1 amide bonds. The van der Waals surface area contributed by atoms with Gasteiger partial charge in [0.05, 0.1) is 13.0 Å². The SMILES string of the molecule is COCC(C)(NC(=O)Cc1ccccc1F)C(=O)O. The van der Waals surface area contributed by atoms with Crippen LogP contribution in [0.1, 0.15) is 12.5 Å². The Kier molecular flexibility index (Phi) is 5.00. The molecule has 0 heterocycles. The Labute approximate surface area is 110 Å². The number of halogens is 1. The number of hydrogen-bond donors (Lipinski definition) is 2. The minimum Gasteiger partial charge on any atom is -0.479 e. The summed E-state index contributed by atoms with van der Waals surface area (Å²) in [5.74, 6) is -2.29. The number of methoxy groups -OCH3 is 1. The molecule has 0 saturated carbocycles. The molecule has 1 aromatic carbocycles. The molecule has 19 heavy (non-hydrogen) atoms. The van der Waals surface area contributed by atoms with Crippen LogP contribution < -0.4 is 5.32 Å². The van der Waals surface area contributed by atoms with E-state index >= 15 is 0 Å². The van der Waals surface area contributed by atoms with E-state index in [-0.39, 0.29) is 18.6 Å². The number of carbonyl (C=O) groups is 2. The summed E-state index contributed by atoms with van der Waals surface area (Å²) in [7, 11) is 1.34. The minimum atomic E-state index is -1.53. The Morgan fingerprint density at radius 3 is 2.58 bits per heavy atom. The fraction of sp³-hybridized carbons (Fsp3) is 0.385. The molecule has 104 valence electrons. The molecule has 5 nitrogen and oxygen atoms in total. The lowest BCUT2D eigenvalue weighted by atomic mass is 10.0. The summed E-state index contributed by atoms with van der Waals surface area (Å²) >= 11 is 0. The molecule has 1 rings (SSSR count). The van der Waals surface area contributed by atoms with Crippen LogP contribution in [0.3, 0.4) is 0 Å². The van der Waals surface area contributed by atoms with Gasteiger partial charge in [-0.15, -0.1) is 0 Å². The van der Waals surface area contributed by atoms with Crippen LogP contribution in [-0.4, -0.2) is 36.2 Å². The summed E-state index contributed by atoms with van der Waals surface area (Å²) in [5, 5.41) is 11.4. The highest BCUT2D eigenvalue weighted by molar-refractivity contribution is 5.87. The van der Waals surface area contributed by atoms with E-state index in [2.05, 4.69) is 5.32 Å². The predicted octanol–water partition coefficient (Wildman–Crippen LogP) is 0.974. The van der Waals surface area contributed by atoms with E-state index in [4.69, 9.17) is 9.84 Å². The van der Waals surface area contributed by atoms with Gasteiger partial charge in [-0.05, 0) is 18.6 Å². The summed E-state index contributed by atoms with van der Waals surface area (Å²) < 4.78 is 18.1. The number of carboxylic acids is 1. The third-order valence-corrected chi connectivity index (χ3v) is 2.63. The summed E-state index contributed by atoms with van der Waals surface area (Å²) in [5.41, 5.74) is -1.32. The van der Waals surface area contributed by atoms with E-state index in [0.717, 1.165) is 0 Å². The zero-order chi connectivity index (χ0) is 14.5. The maximum absolute atomic E-state index is 13.4. The number of nitrogens with one attached hydrogen (secondary N) is 1.